The summed E-state index contributed by atoms with van der Waals surface area (Å²) in [7, 11) is 0. The van der Waals surface area contributed by atoms with Crippen molar-refractivity contribution in [3.05, 3.63) is 18.7 Å². The van der Waals surface area contributed by atoms with Crippen molar-refractivity contribution in [2.45, 2.75) is 6.10 Å². The zero-order valence-electron chi connectivity index (χ0n) is 7.91. The molecule has 0 aliphatic carbocycles. The molecule has 0 aliphatic heterocycles. The second kappa shape index (κ2) is 4.20. The number of anilines is 1. The molecule has 80 valence electrons. The van der Waals surface area contributed by atoms with Crippen LogP contribution in [0.1, 0.15) is 0 Å². The molecule has 0 aromatic carbocycles. The number of hydrogen-bond donors (Lipinski definition) is 3. The number of aliphatic hydroxyl groups is 2. The van der Waals surface area contributed by atoms with Crippen molar-refractivity contribution in [1.29, 1.82) is 0 Å². The molecule has 0 saturated carbocycles. The first kappa shape index (κ1) is 9.81. The SMILES string of the molecule is OCC(O)CNc1nccn2cnnc12. The number of fused-ring (bicyclic) bond motifs is 1. The first-order valence-electron chi connectivity index (χ1n) is 4.48. The summed E-state index contributed by atoms with van der Waals surface area (Å²) in [5.74, 6) is 0.530. The Morgan fingerprint density at radius 3 is 3.20 bits per heavy atom. The van der Waals surface area contributed by atoms with E-state index < -0.39 is 6.10 Å². The van der Waals surface area contributed by atoms with E-state index in [9.17, 15) is 0 Å². The monoisotopic (exact) mass is 209 g/mol. The predicted octanol–water partition coefficient (Wildman–Crippen LogP) is -1.11. The zero-order chi connectivity index (χ0) is 10.7. The Hall–Kier alpha value is -1.73. The van der Waals surface area contributed by atoms with Gasteiger partial charge in [0.05, 0.1) is 12.7 Å². The number of nitrogens with one attached hydrogen (secondary N) is 1. The zero-order valence-corrected chi connectivity index (χ0v) is 7.91. The molecule has 7 nitrogen and oxygen atoms in total. The second-order valence-electron chi connectivity index (χ2n) is 3.05. The molecule has 2 rings (SSSR count). The van der Waals surface area contributed by atoms with Crippen molar-refractivity contribution in [2.24, 2.45) is 0 Å². The highest BCUT2D eigenvalue weighted by molar-refractivity contribution is 5.61. The van der Waals surface area contributed by atoms with Gasteiger partial charge in [0.1, 0.15) is 6.33 Å². The van der Waals surface area contributed by atoms with Crippen LogP contribution in [0, 0.1) is 0 Å². The highest BCUT2D eigenvalue weighted by Gasteiger charge is 2.06. The van der Waals surface area contributed by atoms with Gasteiger partial charge in [-0.2, -0.15) is 0 Å². The van der Waals surface area contributed by atoms with E-state index in [-0.39, 0.29) is 13.2 Å². The van der Waals surface area contributed by atoms with Gasteiger partial charge in [0, 0.05) is 18.9 Å². The summed E-state index contributed by atoms with van der Waals surface area (Å²) in [4.78, 5) is 4.06. The summed E-state index contributed by atoms with van der Waals surface area (Å²) >= 11 is 0. The van der Waals surface area contributed by atoms with Crippen molar-refractivity contribution in [1.82, 2.24) is 19.6 Å². The summed E-state index contributed by atoms with van der Waals surface area (Å²) in [5, 5.41) is 28.3. The van der Waals surface area contributed by atoms with E-state index in [1.807, 2.05) is 0 Å². The van der Waals surface area contributed by atoms with Gasteiger partial charge in [-0.15, -0.1) is 10.2 Å². The van der Waals surface area contributed by atoms with Crippen LogP contribution in [0.25, 0.3) is 5.65 Å². The highest BCUT2D eigenvalue weighted by Crippen LogP contribution is 2.08. The van der Waals surface area contributed by atoms with E-state index in [1.54, 1.807) is 23.1 Å². The fourth-order valence-electron chi connectivity index (χ4n) is 1.16. The molecular formula is C8H11N5O2. The molecule has 0 amide bonds. The molecular weight excluding hydrogens is 198 g/mol. The Labute approximate surface area is 85.4 Å². The fourth-order valence-corrected chi connectivity index (χ4v) is 1.16. The topological polar surface area (TPSA) is 95.6 Å². The quantitative estimate of drug-likeness (QED) is 0.591. The largest absolute Gasteiger partial charge is 0.394 e. The maximum Gasteiger partial charge on any atom is 0.203 e. The maximum absolute atomic E-state index is 9.16. The predicted molar refractivity (Wildman–Crippen MR) is 52.4 cm³/mol. The van der Waals surface area contributed by atoms with Gasteiger partial charge in [-0.1, -0.05) is 0 Å². The molecule has 0 radical (unpaired) electrons. The van der Waals surface area contributed by atoms with Gasteiger partial charge >= 0.3 is 0 Å². The molecule has 2 aromatic heterocycles. The molecule has 0 spiro atoms. The Morgan fingerprint density at radius 2 is 2.40 bits per heavy atom. The van der Waals surface area contributed by atoms with Crippen LogP contribution in [-0.2, 0) is 0 Å². The molecule has 0 aliphatic rings. The number of aliphatic hydroxyl groups excluding tert-OH is 2. The third-order valence-electron chi connectivity index (χ3n) is 1.93. The molecule has 15 heavy (non-hydrogen) atoms. The Bertz CT molecular complexity index is 443. The van der Waals surface area contributed by atoms with E-state index in [2.05, 4.69) is 20.5 Å². The third kappa shape index (κ3) is 2.03. The van der Waals surface area contributed by atoms with Gasteiger partial charge in [-0.25, -0.2) is 4.98 Å². The van der Waals surface area contributed by atoms with Gasteiger partial charge in [0.2, 0.25) is 5.65 Å². The van der Waals surface area contributed by atoms with Gasteiger partial charge < -0.3 is 15.5 Å². The van der Waals surface area contributed by atoms with Crippen LogP contribution in [0.3, 0.4) is 0 Å². The lowest BCUT2D eigenvalue weighted by molar-refractivity contribution is 0.105. The Morgan fingerprint density at radius 1 is 1.53 bits per heavy atom. The average molecular weight is 209 g/mol. The van der Waals surface area contributed by atoms with Crippen LogP contribution in [0.2, 0.25) is 0 Å². The number of aromatic nitrogens is 4. The molecule has 3 N–H and O–H groups in total. The van der Waals surface area contributed by atoms with E-state index >= 15 is 0 Å². The normalized spacial score (nSPS) is 12.9. The maximum atomic E-state index is 9.16. The first-order chi connectivity index (χ1) is 7.31. The molecule has 2 aromatic rings. The summed E-state index contributed by atoms with van der Waals surface area (Å²) in [6.07, 6.45) is 4.08. The number of nitrogens with zero attached hydrogens (tertiary/aromatic N) is 4. The average Bonchev–Trinajstić information content (AvgIpc) is 2.74. The lowest BCUT2D eigenvalue weighted by Crippen LogP contribution is -2.23. The second-order valence-corrected chi connectivity index (χ2v) is 3.05. The van der Waals surface area contributed by atoms with Crippen LogP contribution in [-0.4, -0.2) is 49.1 Å². The van der Waals surface area contributed by atoms with E-state index in [1.165, 1.54) is 0 Å². The van der Waals surface area contributed by atoms with Crippen molar-refractivity contribution in [3.63, 3.8) is 0 Å². The van der Waals surface area contributed by atoms with Gasteiger partial charge in [-0.05, 0) is 0 Å². The van der Waals surface area contributed by atoms with E-state index in [4.69, 9.17) is 10.2 Å². The van der Waals surface area contributed by atoms with Crippen LogP contribution >= 0.6 is 0 Å². The number of rotatable bonds is 4. The molecule has 2 heterocycles. The van der Waals surface area contributed by atoms with Gasteiger partial charge in [-0.3, -0.25) is 4.40 Å². The van der Waals surface area contributed by atoms with Crippen molar-refractivity contribution in [3.8, 4) is 0 Å². The number of hydrogen-bond acceptors (Lipinski definition) is 6. The van der Waals surface area contributed by atoms with Crippen LogP contribution in [0.5, 0.6) is 0 Å². The first-order valence-corrected chi connectivity index (χ1v) is 4.48. The molecule has 0 fully saturated rings. The lowest BCUT2D eigenvalue weighted by Gasteiger charge is -2.09. The minimum atomic E-state index is -0.810. The van der Waals surface area contributed by atoms with Crippen molar-refractivity contribution >= 4 is 11.5 Å². The molecule has 0 bridgehead atoms. The summed E-state index contributed by atoms with van der Waals surface area (Å²) in [6.45, 7) is -0.0706. The van der Waals surface area contributed by atoms with E-state index in [0.717, 1.165) is 0 Å². The highest BCUT2D eigenvalue weighted by atomic mass is 16.3. The Balaban J connectivity index is 2.17. The van der Waals surface area contributed by atoms with E-state index in [0.29, 0.717) is 11.5 Å². The molecule has 0 saturated heterocycles. The molecule has 7 heteroatoms. The molecule has 1 unspecified atom stereocenters. The molecule has 1 atom stereocenters. The minimum Gasteiger partial charge on any atom is -0.394 e. The summed E-state index contributed by atoms with van der Waals surface area (Å²) < 4.78 is 1.71. The van der Waals surface area contributed by atoms with Gasteiger partial charge in [0.15, 0.2) is 5.82 Å². The smallest absolute Gasteiger partial charge is 0.203 e. The fraction of sp³-hybridized carbons (Fsp3) is 0.375. The van der Waals surface area contributed by atoms with Crippen molar-refractivity contribution < 1.29 is 10.2 Å². The summed E-state index contributed by atoms with van der Waals surface area (Å²) in [6, 6.07) is 0. The summed E-state index contributed by atoms with van der Waals surface area (Å²) in [5.41, 5.74) is 0.586. The van der Waals surface area contributed by atoms with Crippen LogP contribution < -0.4 is 5.32 Å². The van der Waals surface area contributed by atoms with Crippen LogP contribution in [0.4, 0.5) is 5.82 Å². The Kier molecular flexibility index (Phi) is 2.75. The lowest BCUT2D eigenvalue weighted by atomic mass is 10.4. The van der Waals surface area contributed by atoms with Gasteiger partial charge in [0.25, 0.3) is 0 Å². The third-order valence-corrected chi connectivity index (χ3v) is 1.93. The standard InChI is InChI=1S/C8H11N5O2/c14-4-6(15)3-10-7-8-12-11-5-13(8)2-1-9-7/h1-2,5-6,14-15H,3-4H2,(H,9,10). The van der Waals surface area contributed by atoms with Crippen LogP contribution in [0.15, 0.2) is 18.7 Å². The van der Waals surface area contributed by atoms with Crippen molar-refractivity contribution in [2.75, 3.05) is 18.5 Å². The minimum absolute atomic E-state index is 0.218.